The van der Waals surface area contributed by atoms with E-state index in [1.54, 1.807) is 42.3 Å². The number of hydrogen-bond acceptors (Lipinski definition) is 4. The van der Waals surface area contributed by atoms with Gasteiger partial charge in [-0.2, -0.15) is 0 Å². The first kappa shape index (κ1) is 26.2. The molecule has 2 amide bonds. The summed E-state index contributed by atoms with van der Waals surface area (Å²) in [6, 6.07) is 19.0. The molecule has 1 N–H and O–H groups in total. The van der Waals surface area contributed by atoms with Crippen LogP contribution in [-0.2, 0) is 17.9 Å². The summed E-state index contributed by atoms with van der Waals surface area (Å²) in [6.45, 7) is 0.510. The van der Waals surface area contributed by atoms with Gasteiger partial charge in [-0.1, -0.05) is 25.0 Å². The second-order valence-electron chi connectivity index (χ2n) is 9.73. The average Bonchev–Trinajstić information content (AvgIpc) is 3.43. The summed E-state index contributed by atoms with van der Waals surface area (Å²) >= 11 is 0. The van der Waals surface area contributed by atoms with Gasteiger partial charge in [-0.05, 0) is 78.6 Å². The van der Waals surface area contributed by atoms with Gasteiger partial charge in [0.15, 0.2) is 0 Å². The Hall–Kier alpha value is -3.87. The SMILES string of the molecule is COc1ccc(C(=O)N(Cc2cccc(F)c2)Cc2cc(NC(=O)C3CCCC3)ccc2N(C)C)cc1. The van der Waals surface area contributed by atoms with Gasteiger partial charge in [0.05, 0.1) is 7.11 Å². The van der Waals surface area contributed by atoms with E-state index in [0.29, 0.717) is 22.6 Å². The second-order valence-corrected chi connectivity index (χ2v) is 9.73. The highest BCUT2D eigenvalue weighted by Crippen LogP contribution is 2.29. The zero-order valence-electron chi connectivity index (χ0n) is 21.7. The molecule has 6 nitrogen and oxygen atoms in total. The van der Waals surface area contributed by atoms with Gasteiger partial charge < -0.3 is 19.9 Å². The lowest BCUT2D eigenvalue weighted by Gasteiger charge is -2.27. The predicted molar refractivity (Wildman–Crippen MR) is 144 cm³/mol. The normalized spacial score (nSPS) is 13.3. The van der Waals surface area contributed by atoms with Crippen molar-refractivity contribution in [1.29, 1.82) is 0 Å². The molecular formula is C30H34FN3O3. The summed E-state index contributed by atoms with van der Waals surface area (Å²) in [5.41, 5.74) is 3.73. The van der Waals surface area contributed by atoms with Crippen LogP contribution in [0, 0.1) is 11.7 Å². The van der Waals surface area contributed by atoms with Gasteiger partial charge >= 0.3 is 0 Å². The van der Waals surface area contributed by atoms with E-state index >= 15 is 0 Å². The molecule has 194 valence electrons. The maximum absolute atomic E-state index is 14.0. The molecule has 1 aliphatic carbocycles. The fraction of sp³-hybridized carbons (Fsp3) is 0.333. The predicted octanol–water partition coefficient (Wildman–Crippen LogP) is 5.87. The third-order valence-corrected chi connectivity index (χ3v) is 6.80. The van der Waals surface area contributed by atoms with Crippen molar-refractivity contribution in [3.8, 4) is 5.75 Å². The lowest BCUT2D eigenvalue weighted by molar-refractivity contribution is -0.119. The smallest absolute Gasteiger partial charge is 0.254 e. The summed E-state index contributed by atoms with van der Waals surface area (Å²) in [5, 5.41) is 3.07. The number of nitrogens with one attached hydrogen (secondary N) is 1. The second kappa shape index (κ2) is 11.9. The zero-order chi connectivity index (χ0) is 26.4. The summed E-state index contributed by atoms with van der Waals surface area (Å²) in [4.78, 5) is 30.1. The molecule has 3 aromatic carbocycles. The van der Waals surface area contributed by atoms with Gasteiger partial charge in [0.2, 0.25) is 5.91 Å². The third kappa shape index (κ3) is 6.67. The number of benzene rings is 3. The van der Waals surface area contributed by atoms with Crippen LogP contribution in [0.5, 0.6) is 5.75 Å². The summed E-state index contributed by atoms with van der Waals surface area (Å²) < 4.78 is 19.2. The Morgan fingerprint density at radius 2 is 1.70 bits per heavy atom. The van der Waals surface area contributed by atoms with Crippen LogP contribution in [0.3, 0.4) is 0 Å². The molecule has 0 saturated heterocycles. The van der Waals surface area contributed by atoms with Crippen molar-refractivity contribution in [3.05, 3.63) is 89.2 Å². The highest BCUT2D eigenvalue weighted by atomic mass is 19.1. The number of carbonyl (C=O) groups is 2. The van der Waals surface area contributed by atoms with E-state index in [2.05, 4.69) is 5.32 Å². The fourth-order valence-electron chi connectivity index (χ4n) is 4.84. The minimum Gasteiger partial charge on any atom is -0.497 e. The summed E-state index contributed by atoms with van der Waals surface area (Å²) in [7, 11) is 5.46. The van der Waals surface area contributed by atoms with Crippen LogP contribution in [-0.4, -0.2) is 37.9 Å². The van der Waals surface area contributed by atoms with Crippen LogP contribution >= 0.6 is 0 Å². The minimum atomic E-state index is -0.347. The number of halogens is 1. The number of anilines is 2. The third-order valence-electron chi connectivity index (χ3n) is 6.80. The number of ether oxygens (including phenoxy) is 1. The van der Waals surface area contributed by atoms with Gasteiger partial charge in [0, 0.05) is 50.0 Å². The maximum atomic E-state index is 14.0. The van der Waals surface area contributed by atoms with E-state index in [4.69, 9.17) is 4.74 Å². The maximum Gasteiger partial charge on any atom is 0.254 e. The van der Waals surface area contributed by atoms with Crippen molar-refractivity contribution in [3.63, 3.8) is 0 Å². The molecule has 1 aliphatic rings. The van der Waals surface area contributed by atoms with Crippen LogP contribution in [0.2, 0.25) is 0 Å². The molecular weight excluding hydrogens is 469 g/mol. The topological polar surface area (TPSA) is 61.9 Å². The Morgan fingerprint density at radius 3 is 2.35 bits per heavy atom. The first-order chi connectivity index (χ1) is 17.8. The van der Waals surface area contributed by atoms with E-state index < -0.39 is 0 Å². The number of amides is 2. The van der Waals surface area contributed by atoms with E-state index in [1.807, 2.05) is 43.3 Å². The van der Waals surface area contributed by atoms with Crippen molar-refractivity contribution < 1.29 is 18.7 Å². The Balaban J connectivity index is 1.65. The van der Waals surface area contributed by atoms with E-state index in [1.165, 1.54) is 12.1 Å². The lowest BCUT2D eigenvalue weighted by Crippen LogP contribution is -2.31. The highest BCUT2D eigenvalue weighted by Gasteiger charge is 2.24. The van der Waals surface area contributed by atoms with Crippen molar-refractivity contribution in [2.75, 3.05) is 31.4 Å². The zero-order valence-corrected chi connectivity index (χ0v) is 21.7. The average molecular weight is 504 g/mol. The van der Waals surface area contributed by atoms with Crippen molar-refractivity contribution in [2.24, 2.45) is 5.92 Å². The molecule has 3 aromatic rings. The molecule has 0 unspecified atom stereocenters. The number of hydrogen-bond donors (Lipinski definition) is 1. The van der Waals surface area contributed by atoms with Crippen LogP contribution in [0.1, 0.15) is 47.2 Å². The molecule has 1 fully saturated rings. The molecule has 1 saturated carbocycles. The molecule has 0 spiro atoms. The lowest BCUT2D eigenvalue weighted by atomic mass is 10.1. The van der Waals surface area contributed by atoms with E-state index in [0.717, 1.165) is 36.9 Å². The van der Waals surface area contributed by atoms with Crippen LogP contribution < -0.4 is 15.0 Å². The molecule has 37 heavy (non-hydrogen) atoms. The van der Waals surface area contributed by atoms with Crippen molar-refractivity contribution in [2.45, 2.75) is 38.8 Å². The first-order valence-corrected chi connectivity index (χ1v) is 12.6. The Kier molecular flexibility index (Phi) is 8.43. The number of nitrogens with zero attached hydrogens (tertiary/aromatic N) is 2. The van der Waals surface area contributed by atoms with Crippen LogP contribution in [0.4, 0.5) is 15.8 Å². The molecule has 4 rings (SSSR count). The van der Waals surface area contributed by atoms with Gasteiger partial charge in [-0.25, -0.2) is 4.39 Å². The first-order valence-electron chi connectivity index (χ1n) is 12.6. The van der Waals surface area contributed by atoms with Gasteiger partial charge in [-0.3, -0.25) is 9.59 Å². The van der Waals surface area contributed by atoms with E-state index in [-0.39, 0.29) is 36.6 Å². The quantitative estimate of drug-likeness (QED) is 0.397. The number of methoxy groups -OCH3 is 1. The Morgan fingerprint density at radius 1 is 0.973 bits per heavy atom. The Labute approximate surface area is 218 Å². The number of carbonyl (C=O) groups excluding carboxylic acids is 2. The van der Waals surface area contributed by atoms with Gasteiger partial charge in [0.25, 0.3) is 5.91 Å². The Bertz CT molecular complexity index is 1240. The molecule has 0 radical (unpaired) electrons. The van der Waals surface area contributed by atoms with Gasteiger partial charge in [0.1, 0.15) is 11.6 Å². The van der Waals surface area contributed by atoms with E-state index in [9.17, 15) is 14.0 Å². The molecule has 0 aromatic heterocycles. The van der Waals surface area contributed by atoms with Crippen LogP contribution in [0.25, 0.3) is 0 Å². The number of rotatable bonds is 9. The summed E-state index contributed by atoms with van der Waals surface area (Å²) in [6.07, 6.45) is 4.02. The molecule has 0 heterocycles. The molecule has 7 heteroatoms. The molecule has 0 bridgehead atoms. The van der Waals surface area contributed by atoms with Gasteiger partial charge in [-0.15, -0.1) is 0 Å². The standard InChI is InChI=1S/C30H34FN3O3/c1-33(2)28-16-13-26(32-29(35)22-8-4-5-9-22)18-24(28)20-34(19-21-7-6-10-25(31)17-21)30(36)23-11-14-27(37-3)15-12-23/h6-7,10-18,22H,4-5,8-9,19-20H2,1-3H3,(H,32,35). The largest absolute Gasteiger partial charge is 0.497 e. The minimum absolute atomic E-state index is 0.0481. The summed E-state index contributed by atoms with van der Waals surface area (Å²) in [5.74, 6) is 0.232. The fourth-order valence-corrected chi connectivity index (χ4v) is 4.84. The van der Waals surface area contributed by atoms with Crippen LogP contribution in [0.15, 0.2) is 66.7 Å². The molecule has 0 atom stereocenters. The van der Waals surface area contributed by atoms with Crippen molar-refractivity contribution >= 4 is 23.2 Å². The highest BCUT2D eigenvalue weighted by molar-refractivity contribution is 5.95. The molecule has 0 aliphatic heterocycles. The monoisotopic (exact) mass is 503 g/mol. The van der Waals surface area contributed by atoms with Crippen molar-refractivity contribution in [1.82, 2.24) is 4.90 Å².